The minimum absolute atomic E-state index is 0.659. The molecule has 0 amide bonds. The lowest BCUT2D eigenvalue weighted by Gasteiger charge is -2.11. The molecule has 0 aliphatic carbocycles. The molecule has 0 unspecified atom stereocenters. The lowest BCUT2D eigenvalue weighted by molar-refractivity contribution is 0.713. The Morgan fingerprint density at radius 1 is 1.12 bits per heavy atom. The van der Waals surface area contributed by atoms with Gasteiger partial charge in [-0.2, -0.15) is 5.10 Å². The maximum absolute atomic E-state index is 4.80. The predicted molar refractivity (Wildman–Crippen MR) is 97.9 cm³/mol. The molecule has 4 rings (SSSR count). The summed E-state index contributed by atoms with van der Waals surface area (Å²) in [5, 5.41) is 11.5. The van der Waals surface area contributed by atoms with Gasteiger partial charge in [0.2, 0.25) is 0 Å². The van der Waals surface area contributed by atoms with Gasteiger partial charge in [0.1, 0.15) is 5.82 Å². The highest BCUT2D eigenvalue weighted by atomic mass is 15.3. The molecule has 0 spiro atoms. The molecule has 0 saturated carbocycles. The molecule has 7 heteroatoms. The van der Waals surface area contributed by atoms with Crippen LogP contribution in [0.25, 0.3) is 28.4 Å². The van der Waals surface area contributed by atoms with Crippen LogP contribution in [0.3, 0.4) is 0 Å². The molecule has 3 heterocycles. The third-order valence-electron chi connectivity index (χ3n) is 4.37. The molecule has 1 aromatic carbocycles. The normalized spacial score (nSPS) is 11.5. The highest BCUT2D eigenvalue weighted by molar-refractivity contribution is 5.75. The van der Waals surface area contributed by atoms with Crippen molar-refractivity contribution in [3.8, 4) is 22.8 Å². The van der Waals surface area contributed by atoms with Gasteiger partial charge in [-0.25, -0.2) is 14.5 Å². The van der Waals surface area contributed by atoms with Gasteiger partial charge in [0.25, 0.3) is 0 Å². The summed E-state index contributed by atoms with van der Waals surface area (Å²) < 4.78 is 1.97. The number of aromatic nitrogens is 6. The maximum Gasteiger partial charge on any atom is 0.188 e. The fourth-order valence-corrected chi connectivity index (χ4v) is 2.92. The van der Waals surface area contributed by atoms with Gasteiger partial charge in [0.05, 0.1) is 11.8 Å². The van der Waals surface area contributed by atoms with Gasteiger partial charge < -0.3 is 4.90 Å². The highest BCUT2D eigenvalue weighted by Crippen LogP contribution is 2.26. The second-order valence-corrected chi connectivity index (χ2v) is 6.39. The molecular weight excluding hydrogens is 314 g/mol. The standard InChI is InChI=1S/C18H21N7/c1-4-5-6-15-20-17-14(11-19-22-17)18-21-16(23-25(15)18)12-7-9-13(10-8-12)24(2)3/h7-11H,4-6H2,1-3H3,(H,21,23). The molecule has 1 N–H and O–H groups in total. The first-order chi connectivity index (χ1) is 12.2. The smallest absolute Gasteiger partial charge is 0.188 e. The summed E-state index contributed by atoms with van der Waals surface area (Å²) in [6.07, 6.45) is 4.78. The number of aryl methyl sites for hydroxylation is 1. The fraction of sp³-hybridized carbons (Fsp3) is 0.333. The molecule has 0 fully saturated rings. The van der Waals surface area contributed by atoms with Crippen LogP contribution in [0.1, 0.15) is 25.6 Å². The Balaban J connectivity index is 1.83. The zero-order chi connectivity index (χ0) is 17.4. The maximum atomic E-state index is 4.80. The number of unbranched alkanes of at least 4 members (excludes halogenated alkanes) is 1. The van der Waals surface area contributed by atoms with Crippen LogP contribution in [0.2, 0.25) is 0 Å². The zero-order valence-electron chi connectivity index (χ0n) is 14.7. The van der Waals surface area contributed by atoms with Crippen molar-refractivity contribution < 1.29 is 0 Å². The lowest BCUT2D eigenvalue weighted by Crippen LogP contribution is -2.08. The molecule has 2 aliphatic heterocycles. The van der Waals surface area contributed by atoms with Crippen molar-refractivity contribution in [2.45, 2.75) is 26.2 Å². The number of hydrogen-bond donors (Lipinski definition) is 1. The van der Waals surface area contributed by atoms with E-state index in [1.165, 1.54) is 0 Å². The van der Waals surface area contributed by atoms with E-state index < -0.39 is 0 Å². The van der Waals surface area contributed by atoms with Crippen molar-refractivity contribution in [3.05, 3.63) is 36.3 Å². The van der Waals surface area contributed by atoms with Crippen molar-refractivity contribution in [1.29, 1.82) is 0 Å². The molecule has 2 aromatic rings. The minimum Gasteiger partial charge on any atom is -0.378 e. The first kappa shape index (κ1) is 15.6. The van der Waals surface area contributed by atoms with Gasteiger partial charge in [-0.05, 0) is 30.7 Å². The summed E-state index contributed by atoms with van der Waals surface area (Å²) in [7, 11) is 4.06. The molecule has 0 atom stereocenters. The summed E-state index contributed by atoms with van der Waals surface area (Å²) in [5.41, 5.74) is 3.89. The molecular formula is C18H21N7. The molecule has 2 aliphatic rings. The SMILES string of the molecule is CCCCc1nc2nncc-2c2nc(-c3ccc(N(C)C)cc3)[nH]n12. The summed E-state index contributed by atoms with van der Waals surface area (Å²) in [5.74, 6) is 2.42. The number of rotatable bonds is 5. The van der Waals surface area contributed by atoms with E-state index in [1.807, 2.05) is 18.6 Å². The van der Waals surface area contributed by atoms with Crippen LogP contribution in [0.5, 0.6) is 0 Å². The second-order valence-electron chi connectivity index (χ2n) is 6.39. The Morgan fingerprint density at radius 3 is 2.64 bits per heavy atom. The van der Waals surface area contributed by atoms with E-state index in [0.717, 1.165) is 53.4 Å². The zero-order valence-corrected chi connectivity index (χ0v) is 14.7. The van der Waals surface area contributed by atoms with Gasteiger partial charge in [-0.15, -0.1) is 5.10 Å². The largest absolute Gasteiger partial charge is 0.378 e. The molecule has 7 nitrogen and oxygen atoms in total. The Hall–Kier alpha value is -2.96. The molecule has 128 valence electrons. The minimum atomic E-state index is 0.659. The highest BCUT2D eigenvalue weighted by Gasteiger charge is 2.19. The number of nitrogens with one attached hydrogen (secondary N) is 1. The van der Waals surface area contributed by atoms with Crippen molar-refractivity contribution in [1.82, 2.24) is 29.8 Å². The van der Waals surface area contributed by atoms with Crippen molar-refractivity contribution in [3.63, 3.8) is 0 Å². The Bertz CT molecular complexity index is 965. The number of hydrogen-bond acceptors (Lipinski definition) is 5. The molecule has 0 radical (unpaired) electrons. The Kier molecular flexibility index (Phi) is 3.83. The number of anilines is 1. The summed E-state index contributed by atoms with van der Waals surface area (Å²) >= 11 is 0. The van der Waals surface area contributed by atoms with Crippen LogP contribution in [-0.4, -0.2) is 43.9 Å². The Morgan fingerprint density at radius 2 is 1.92 bits per heavy atom. The van der Waals surface area contributed by atoms with Gasteiger partial charge in [-0.3, -0.25) is 5.10 Å². The van der Waals surface area contributed by atoms with Crippen molar-refractivity contribution in [2.75, 3.05) is 19.0 Å². The molecule has 25 heavy (non-hydrogen) atoms. The summed E-state index contributed by atoms with van der Waals surface area (Å²) in [4.78, 5) is 11.5. The van der Waals surface area contributed by atoms with Crippen LogP contribution in [0.4, 0.5) is 5.69 Å². The topological polar surface area (TPSA) is 75.0 Å². The number of nitrogens with zero attached hydrogens (tertiary/aromatic N) is 6. The molecule has 0 bridgehead atoms. The molecule has 1 aromatic heterocycles. The second kappa shape index (κ2) is 6.16. The van der Waals surface area contributed by atoms with E-state index in [9.17, 15) is 0 Å². The van der Waals surface area contributed by atoms with Crippen LogP contribution in [-0.2, 0) is 6.42 Å². The number of H-pyrrole nitrogens is 1. The van der Waals surface area contributed by atoms with Crippen LogP contribution in [0.15, 0.2) is 30.5 Å². The fourth-order valence-electron chi connectivity index (χ4n) is 2.92. The van der Waals surface area contributed by atoms with E-state index >= 15 is 0 Å². The van der Waals surface area contributed by atoms with Gasteiger partial charge in [0, 0.05) is 31.8 Å². The lowest BCUT2D eigenvalue weighted by atomic mass is 10.2. The average Bonchev–Trinajstić information content (AvgIpc) is 3.26. The first-order valence-electron chi connectivity index (χ1n) is 8.54. The Labute approximate surface area is 146 Å². The van der Waals surface area contributed by atoms with Crippen molar-refractivity contribution in [2.24, 2.45) is 0 Å². The number of fused-ring (bicyclic) bond motifs is 3. The summed E-state index contributed by atoms with van der Waals surface area (Å²) in [6, 6.07) is 8.33. The number of benzene rings is 1. The third-order valence-corrected chi connectivity index (χ3v) is 4.37. The van der Waals surface area contributed by atoms with Gasteiger partial charge in [-0.1, -0.05) is 13.3 Å². The summed E-state index contributed by atoms with van der Waals surface area (Å²) in [6.45, 7) is 2.17. The van der Waals surface area contributed by atoms with Crippen LogP contribution < -0.4 is 4.90 Å². The van der Waals surface area contributed by atoms with E-state index in [0.29, 0.717) is 5.82 Å². The van der Waals surface area contributed by atoms with Crippen molar-refractivity contribution >= 4 is 11.3 Å². The quantitative estimate of drug-likeness (QED) is 0.607. The van der Waals surface area contributed by atoms with E-state index in [-0.39, 0.29) is 0 Å². The van der Waals surface area contributed by atoms with E-state index in [1.54, 1.807) is 6.20 Å². The predicted octanol–water partition coefficient (Wildman–Crippen LogP) is 3.03. The third kappa shape index (κ3) is 2.71. The molecule has 0 saturated heterocycles. The van der Waals surface area contributed by atoms with Crippen LogP contribution in [0, 0.1) is 0 Å². The van der Waals surface area contributed by atoms with E-state index in [4.69, 9.17) is 4.98 Å². The van der Waals surface area contributed by atoms with Gasteiger partial charge >= 0.3 is 0 Å². The van der Waals surface area contributed by atoms with E-state index in [2.05, 4.69) is 56.4 Å². The van der Waals surface area contributed by atoms with Gasteiger partial charge in [0.15, 0.2) is 17.3 Å². The number of aromatic amines is 1. The first-order valence-corrected chi connectivity index (χ1v) is 8.54. The monoisotopic (exact) mass is 335 g/mol. The van der Waals surface area contributed by atoms with Crippen LogP contribution >= 0.6 is 0 Å². The average molecular weight is 335 g/mol.